The lowest BCUT2D eigenvalue weighted by Gasteiger charge is -2.37. The summed E-state index contributed by atoms with van der Waals surface area (Å²) in [4.78, 5) is 24.3. The zero-order chi connectivity index (χ0) is 22.5. The van der Waals surface area contributed by atoms with E-state index in [0.717, 1.165) is 0 Å². The summed E-state index contributed by atoms with van der Waals surface area (Å²) in [6, 6.07) is -1.32. The first-order chi connectivity index (χ1) is 14.3. The second kappa shape index (κ2) is 14.2. The van der Waals surface area contributed by atoms with Gasteiger partial charge in [0.15, 0.2) is 12.3 Å². The average Bonchev–Trinajstić information content (AvgIpc) is 2.73. The van der Waals surface area contributed by atoms with E-state index < -0.39 is 48.8 Å². The molecule has 0 unspecified atom stereocenters. The number of carbonyl (C=O) groups excluding carboxylic acids is 2. The Hall–Kier alpha value is -1.80. The third-order valence-corrected chi connectivity index (χ3v) is 4.04. The first kappa shape index (κ1) is 26.2. The van der Waals surface area contributed by atoms with Crippen molar-refractivity contribution in [3.05, 3.63) is 12.7 Å². The van der Waals surface area contributed by atoms with Gasteiger partial charge in [-0.1, -0.05) is 12.7 Å². The molecule has 6 atom stereocenters. The van der Waals surface area contributed by atoms with Crippen molar-refractivity contribution >= 4 is 12.1 Å². The molecule has 1 saturated heterocycles. The SMILES string of the molecule is C=CCOC(=O)N[C@H](C(=O)OCCOCCOC)[C@H](C)O[C@@H]1OC[C@@H](O)[C@H](O)[C@H]1O. The standard InChI is InChI=1S/C18H31NO11/c1-4-5-28-18(24)19-13(16(23)27-9-8-26-7-6-25-3)11(2)30-17-15(22)14(21)12(20)10-29-17/h4,11-15,17,20-22H,1,5-10H2,2-3H3,(H,19,24)/t11-,12+,13-,14-,15+,17-/m0/s1. The zero-order valence-electron chi connectivity index (χ0n) is 17.1. The van der Waals surface area contributed by atoms with E-state index in [4.69, 9.17) is 28.4 Å². The summed E-state index contributed by atoms with van der Waals surface area (Å²) in [5.41, 5.74) is 0. The molecule has 4 N–H and O–H groups in total. The minimum absolute atomic E-state index is 0.0787. The Bertz CT molecular complexity index is 532. The molecule has 0 aliphatic carbocycles. The van der Waals surface area contributed by atoms with Crippen molar-refractivity contribution in [2.24, 2.45) is 0 Å². The van der Waals surface area contributed by atoms with Crippen molar-refractivity contribution in [3.63, 3.8) is 0 Å². The molecule has 12 heteroatoms. The number of rotatable bonds is 13. The van der Waals surface area contributed by atoms with Crippen LogP contribution in [0.2, 0.25) is 0 Å². The molecule has 30 heavy (non-hydrogen) atoms. The number of ether oxygens (including phenoxy) is 6. The summed E-state index contributed by atoms with van der Waals surface area (Å²) in [6.07, 6.45) is -6.28. The fourth-order valence-electron chi connectivity index (χ4n) is 2.40. The molecule has 0 aromatic heterocycles. The summed E-state index contributed by atoms with van der Waals surface area (Å²) < 4.78 is 30.6. The third-order valence-electron chi connectivity index (χ3n) is 4.04. The molecule has 1 aliphatic rings. The molecular formula is C18H31NO11. The summed E-state index contributed by atoms with van der Waals surface area (Å²) in [7, 11) is 1.53. The molecule has 1 fully saturated rings. The smallest absolute Gasteiger partial charge is 0.408 e. The number of alkyl carbamates (subject to hydrolysis) is 1. The van der Waals surface area contributed by atoms with Crippen LogP contribution in [0.4, 0.5) is 4.79 Å². The molecule has 1 aliphatic heterocycles. The van der Waals surface area contributed by atoms with Gasteiger partial charge < -0.3 is 49.1 Å². The molecule has 1 rings (SSSR count). The van der Waals surface area contributed by atoms with E-state index >= 15 is 0 Å². The summed E-state index contributed by atoms with van der Waals surface area (Å²) >= 11 is 0. The van der Waals surface area contributed by atoms with E-state index in [1.165, 1.54) is 20.1 Å². The zero-order valence-corrected chi connectivity index (χ0v) is 17.1. The lowest BCUT2D eigenvalue weighted by molar-refractivity contribution is -0.282. The van der Waals surface area contributed by atoms with Crippen LogP contribution >= 0.6 is 0 Å². The van der Waals surface area contributed by atoms with Gasteiger partial charge >= 0.3 is 12.1 Å². The van der Waals surface area contributed by atoms with Crippen molar-refractivity contribution in [1.29, 1.82) is 0 Å². The number of hydrogen-bond donors (Lipinski definition) is 4. The predicted molar refractivity (Wildman–Crippen MR) is 100 cm³/mol. The van der Waals surface area contributed by atoms with Crippen LogP contribution in [-0.4, -0.2) is 111 Å². The third kappa shape index (κ3) is 8.92. The Morgan fingerprint density at radius 1 is 1.17 bits per heavy atom. The highest BCUT2D eigenvalue weighted by Gasteiger charge is 2.41. The maximum absolute atomic E-state index is 12.5. The molecule has 0 aromatic carbocycles. The van der Waals surface area contributed by atoms with Gasteiger partial charge in [0.1, 0.15) is 31.5 Å². The minimum Gasteiger partial charge on any atom is -0.462 e. The number of carbonyl (C=O) groups is 2. The monoisotopic (exact) mass is 437 g/mol. The van der Waals surface area contributed by atoms with Gasteiger partial charge in [-0.05, 0) is 6.92 Å². The van der Waals surface area contributed by atoms with Gasteiger partial charge in [0.2, 0.25) is 0 Å². The Morgan fingerprint density at radius 3 is 2.53 bits per heavy atom. The summed E-state index contributed by atoms with van der Waals surface area (Å²) in [6.45, 7) is 5.25. The molecule has 0 bridgehead atoms. The Balaban J connectivity index is 2.67. The lowest BCUT2D eigenvalue weighted by atomic mass is 10.1. The number of aliphatic hydroxyl groups is 3. The van der Waals surface area contributed by atoms with Crippen LogP contribution in [0, 0.1) is 0 Å². The van der Waals surface area contributed by atoms with Crippen molar-refractivity contribution in [2.45, 2.75) is 43.7 Å². The highest BCUT2D eigenvalue weighted by Crippen LogP contribution is 2.19. The first-order valence-electron chi connectivity index (χ1n) is 9.40. The minimum atomic E-state index is -1.56. The summed E-state index contributed by atoms with van der Waals surface area (Å²) in [5, 5.41) is 31.6. The Kier molecular flexibility index (Phi) is 12.5. The van der Waals surface area contributed by atoms with Gasteiger partial charge in [0, 0.05) is 7.11 Å². The average molecular weight is 437 g/mol. The van der Waals surface area contributed by atoms with Crippen LogP contribution in [0.3, 0.4) is 0 Å². The van der Waals surface area contributed by atoms with Gasteiger partial charge in [-0.2, -0.15) is 0 Å². The van der Waals surface area contributed by atoms with Crippen molar-refractivity contribution in [2.75, 3.05) is 46.8 Å². The second-order valence-electron chi connectivity index (χ2n) is 6.37. The maximum atomic E-state index is 12.5. The van der Waals surface area contributed by atoms with E-state index in [1.807, 2.05) is 0 Å². The number of nitrogens with one attached hydrogen (secondary N) is 1. The van der Waals surface area contributed by atoms with E-state index in [2.05, 4.69) is 11.9 Å². The molecule has 174 valence electrons. The van der Waals surface area contributed by atoms with Crippen molar-refractivity contribution in [1.82, 2.24) is 5.32 Å². The number of hydrogen-bond acceptors (Lipinski definition) is 11. The van der Waals surface area contributed by atoms with E-state index in [1.54, 1.807) is 0 Å². The highest BCUT2D eigenvalue weighted by atomic mass is 16.7. The molecule has 0 radical (unpaired) electrons. The fourth-order valence-corrected chi connectivity index (χ4v) is 2.40. The lowest BCUT2D eigenvalue weighted by Crippen LogP contribution is -2.57. The molecule has 1 heterocycles. The van der Waals surface area contributed by atoms with Crippen molar-refractivity contribution in [3.8, 4) is 0 Å². The molecular weight excluding hydrogens is 406 g/mol. The van der Waals surface area contributed by atoms with Crippen LogP contribution in [-0.2, 0) is 33.2 Å². The second-order valence-corrected chi connectivity index (χ2v) is 6.37. The van der Waals surface area contributed by atoms with Crippen LogP contribution in [0.15, 0.2) is 12.7 Å². The number of aliphatic hydroxyl groups excluding tert-OH is 3. The van der Waals surface area contributed by atoms with E-state index in [9.17, 15) is 24.9 Å². The molecule has 0 spiro atoms. The van der Waals surface area contributed by atoms with Gasteiger partial charge in [0.05, 0.1) is 32.5 Å². The quantitative estimate of drug-likeness (QED) is 0.148. The van der Waals surface area contributed by atoms with Gasteiger partial charge in [-0.25, -0.2) is 9.59 Å². The number of methoxy groups -OCH3 is 1. The normalized spacial score (nSPS) is 25.8. The van der Waals surface area contributed by atoms with Crippen LogP contribution < -0.4 is 5.32 Å². The molecule has 0 aromatic rings. The molecule has 0 saturated carbocycles. The topological polar surface area (TPSA) is 162 Å². The van der Waals surface area contributed by atoms with Crippen LogP contribution in [0.1, 0.15) is 6.92 Å². The Morgan fingerprint density at radius 2 is 1.87 bits per heavy atom. The highest BCUT2D eigenvalue weighted by molar-refractivity contribution is 5.82. The first-order valence-corrected chi connectivity index (χ1v) is 9.40. The largest absolute Gasteiger partial charge is 0.462 e. The number of esters is 1. The van der Waals surface area contributed by atoms with Gasteiger partial charge in [-0.3, -0.25) is 0 Å². The van der Waals surface area contributed by atoms with Crippen molar-refractivity contribution < 1.29 is 53.3 Å². The molecule has 1 amide bonds. The summed E-state index contributed by atoms with van der Waals surface area (Å²) in [5.74, 6) is -0.834. The van der Waals surface area contributed by atoms with Crippen LogP contribution in [0.5, 0.6) is 0 Å². The molecule has 12 nitrogen and oxygen atoms in total. The van der Waals surface area contributed by atoms with Gasteiger partial charge in [-0.15, -0.1) is 0 Å². The van der Waals surface area contributed by atoms with Crippen LogP contribution in [0.25, 0.3) is 0 Å². The van der Waals surface area contributed by atoms with Gasteiger partial charge in [0.25, 0.3) is 0 Å². The number of amides is 1. The maximum Gasteiger partial charge on any atom is 0.408 e. The Labute approximate surface area is 174 Å². The predicted octanol–water partition coefficient (Wildman–Crippen LogP) is -1.68. The van der Waals surface area contributed by atoms with E-state index in [-0.39, 0.29) is 26.4 Å². The van der Waals surface area contributed by atoms with E-state index in [0.29, 0.717) is 13.2 Å². The fraction of sp³-hybridized carbons (Fsp3) is 0.778.